The van der Waals surface area contributed by atoms with Gasteiger partial charge >= 0.3 is 0 Å². The predicted molar refractivity (Wildman–Crippen MR) is 70.4 cm³/mol. The maximum Gasteiger partial charge on any atom is 0.170 e. The van der Waals surface area contributed by atoms with E-state index in [1.54, 1.807) is 0 Å². The molecule has 0 radical (unpaired) electrons. The molecular weight excluding hydrogens is 204 g/mol. The second kappa shape index (κ2) is 5.12. The zero-order valence-electron chi connectivity index (χ0n) is 9.72. The summed E-state index contributed by atoms with van der Waals surface area (Å²) in [6.45, 7) is 8.33. The van der Waals surface area contributed by atoms with E-state index >= 15 is 0 Å². The molecule has 2 N–H and O–H groups in total. The molecule has 2 nitrogen and oxygen atoms in total. The number of benzene rings is 1. The van der Waals surface area contributed by atoms with Gasteiger partial charge in [-0.25, -0.2) is 0 Å². The average molecular weight is 222 g/mol. The molecule has 0 bridgehead atoms. The van der Waals surface area contributed by atoms with Crippen LogP contribution in [0.2, 0.25) is 0 Å². The molecule has 1 aromatic rings. The van der Waals surface area contributed by atoms with Crippen LogP contribution in [0, 0.1) is 13.8 Å². The molecule has 0 aliphatic carbocycles. The topological polar surface area (TPSA) is 24.1 Å². The molecule has 0 unspecified atom stereocenters. The van der Waals surface area contributed by atoms with Gasteiger partial charge in [-0.1, -0.05) is 6.07 Å². The van der Waals surface area contributed by atoms with Gasteiger partial charge in [0, 0.05) is 11.7 Å². The van der Waals surface area contributed by atoms with Crippen molar-refractivity contribution in [1.29, 1.82) is 0 Å². The number of hydrogen-bond donors (Lipinski definition) is 2. The second-order valence-electron chi connectivity index (χ2n) is 4.05. The van der Waals surface area contributed by atoms with Crippen LogP contribution < -0.4 is 10.6 Å². The maximum atomic E-state index is 5.17. The van der Waals surface area contributed by atoms with E-state index in [9.17, 15) is 0 Å². The number of aryl methyl sites for hydroxylation is 2. The highest BCUT2D eigenvalue weighted by molar-refractivity contribution is 7.80. The Labute approximate surface area is 97.1 Å². The summed E-state index contributed by atoms with van der Waals surface area (Å²) < 4.78 is 0. The third-order valence-electron chi connectivity index (χ3n) is 2.18. The van der Waals surface area contributed by atoms with Crippen molar-refractivity contribution in [3.8, 4) is 0 Å². The molecule has 0 atom stereocenters. The van der Waals surface area contributed by atoms with Crippen LogP contribution in [-0.2, 0) is 0 Å². The highest BCUT2D eigenvalue weighted by Gasteiger charge is 2.00. The third-order valence-corrected chi connectivity index (χ3v) is 2.40. The first-order chi connectivity index (χ1) is 6.99. The quantitative estimate of drug-likeness (QED) is 0.752. The minimum Gasteiger partial charge on any atom is -0.360 e. The van der Waals surface area contributed by atoms with Crippen LogP contribution in [0.1, 0.15) is 25.0 Å². The molecule has 15 heavy (non-hydrogen) atoms. The lowest BCUT2D eigenvalue weighted by molar-refractivity contribution is 0.739. The molecule has 0 aliphatic heterocycles. The Balaban J connectivity index is 2.65. The van der Waals surface area contributed by atoms with Crippen molar-refractivity contribution in [3.63, 3.8) is 0 Å². The van der Waals surface area contributed by atoms with Crippen LogP contribution in [0.3, 0.4) is 0 Å². The minimum absolute atomic E-state index is 0.358. The zero-order chi connectivity index (χ0) is 11.4. The van der Waals surface area contributed by atoms with Gasteiger partial charge in [-0.3, -0.25) is 0 Å². The van der Waals surface area contributed by atoms with Crippen molar-refractivity contribution in [2.75, 3.05) is 5.32 Å². The molecule has 0 spiro atoms. The Morgan fingerprint density at radius 2 is 1.87 bits per heavy atom. The Kier molecular flexibility index (Phi) is 4.09. The first-order valence-corrected chi connectivity index (χ1v) is 5.54. The summed E-state index contributed by atoms with van der Waals surface area (Å²) in [6.07, 6.45) is 0. The first kappa shape index (κ1) is 12.0. The van der Waals surface area contributed by atoms with Crippen LogP contribution in [0.25, 0.3) is 0 Å². The van der Waals surface area contributed by atoms with Gasteiger partial charge in [-0.2, -0.15) is 0 Å². The molecule has 3 heteroatoms. The summed E-state index contributed by atoms with van der Waals surface area (Å²) in [5.41, 5.74) is 3.60. The summed E-state index contributed by atoms with van der Waals surface area (Å²) in [5, 5.41) is 6.98. The van der Waals surface area contributed by atoms with Gasteiger partial charge in [0.1, 0.15) is 0 Å². The number of hydrogen-bond acceptors (Lipinski definition) is 1. The lowest BCUT2D eigenvalue weighted by Crippen LogP contribution is -2.33. The van der Waals surface area contributed by atoms with Crippen molar-refractivity contribution in [3.05, 3.63) is 29.3 Å². The Morgan fingerprint density at radius 1 is 1.20 bits per heavy atom. The summed E-state index contributed by atoms with van der Waals surface area (Å²) in [7, 11) is 0. The molecule has 1 aromatic carbocycles. The van der Waals surface area contributed by atoms with E-state index in [0.717, 1.165) is 5.69 Å². The van der Waals surface area contributed by atoms with Gasteiger partial charge in [0.2, 0.25) is 0 Å². The third kappa shape index (κ3) is 3.88. The van der Waals surface area contributed by atoms with E-state index in [1.165, 1.54) is 11.1 Å². The number of rotatable bonds is 2. The second-order valence-corrected chi connectivity index (χ2v) is 4.46. The molecule has 0 aromatic heterocycles. The average Bonchev–Trinajstić information content (AvgIpc) is 2.10. The van der Waals surface area contributed by atoms with Crippen molar-refractivity contribution >= 4 is 23.0 Å². The molecule has 0 saturated heterocycles. The van der Waals surface area contributed by atoms with Crippen LogP contribution in [0.4, 0.5) is 5.69 Å². The highest BCUT2D eigenvalue weighted by atomic mass is 32.1. The van der Waals surface area contributed by atoms with Crippen LogP contribution in [-0.4, -0.2) is 11.2 Å². The van der Waals surface area contributed by atoms with Crippen molar-refractivity contribution in [2.24, 2.45) is 0 Å². The summed E-state index contributed by atoms with van der Waals surface area (Å²) in [6, 6.07) is 6.59. The fourth-order valence-electron chi connectivity index (χ4n) is 1.25. The van der Waals surface area contributed by atoms with Crippen molar-refractivity contribution in [1.82, 2.24) is 5.32 Å². The van der Waals surface area contributed by atoms with Gasteiger partial charge in [0.05, 0.1) is 0 Å². The largest absolute Gasteiger partial charge is 0.360 e. The Morgan fingerprint density at radius 3 is 2.40 bits per heavy atom. The number of anilines is 1. The Hall–Kier alpha value is -1.09. The van der Waals surface area contributed by atoms with Gasteiger partial charge in [-0.15, -0.1) is 0 Å². The summed E-state index contributed by atoms with van der Waals surface area (Å²) >= 11 is 5.17. The predicted octanol–water partition coefficient (Wildman–Crippen LogP) is 3.00. The molecule has 1 rings (SSSR count). The molecule has 0 amide bonds. The van der Waals surface area contributed by atoms with E-state index in [1.807, 2.05) is 6.07 Å². The fraction of sp³-hybridized carbons (Fsp3) is 0.417. The van der Waals surface area contributed by atoms with Gasteiger partial charge in [0.15, 0.2) is 5.11 Å². The van der Waals surface area contributed by atoms with Crippen LogP contribution in [0.5, 0.6) is 0 Å². The fourth-order valence-corrected chi connectivity index (χ4v) is 1.60. The van der Waals surface area contributed by atoms with Crippen LogP contribution in [0.15, 0.2) is 18.2 Å². The smallest absolute Gasteiger partial charge is 0.170 e. The minimum atomic E-state index is 0.358. The molecule has 0 saturated carbocycles. The maximum absolute atomic E-state index is 5.17. The SMILES string of the molecule is Cc1ccc(NC(=S)NC(C)C)cc1C. The van der Waals surface area contributed by atoms with E-state index in [2.05, 4.69) is 50.5 Å². The van der Waals surface area contributed by atoms with E-state index in [4.69, 9.17) is 12.2 Å². The van der Waals surface area contributed by atoms with Crippen LogP contribution >= 0.6 is 12.2 Å². The molecule has 0 heterocycles. The highest BCUT2D eigenvalue weighted by Crippen LogP contribution is 2.13. The van der Waals surface area contributed by atoms with Gasteiger partial charge in [0.25, 0.3) is 0 Å². The summed E-state index contributed by atoms with van der Waals surface area (Å²) in [4.78, 5) is 0. The first-order valence-electron chi connectivity index (χ1n) is 5.14. The van der Waals surface area contributed by atoms with Crippen molar-refractivity contribution < 1.29 is 0 Å². The Bertz CT molecular complexity index is 359. The number of nitrogens with one attached hydrogen (secondary N) is 2. The molecule has 0 aliphatic rings. The monoisotopic (exact) mass is 222 g/mol. The normalized spacial score (nSPS) is 10.2. The molecular formula is C12H18N2S. The van der Waals surface area contributed by atoms with E-state index in [-0.39, 0.29) is 0 Å². The standard InChI is InChI=1S/C12H18N2S/c1-8(2)13-12(15)14-11-6-5-9(3)10(4)7-11/h5-8H,1-4H3,(H2,13,14,15). The molecule has 0 fully saturated rings. The number of thiocarbonyl (C=S) groups is 1. The summed E-state index contributed by atoms with van der Waals surface area (Å²) in [5.74, 6) is 0. The zero-order valence-corrected chi connectivity index (χ0v) is 10.5. The van der Waals surface area contributed by atoms with Crippen molar-refractivity contribution in [2.45, 2.75) is 33.7 Å². The lowest BCUT2D eigenvalue weighted by Gasteiger charge is -2.13. The van der Waals surface area contributed by atoms with Gasteiger partial charge in [-0.05, 0) is 63.2 Å². The van der Waals surface area contributed by atoms with E-state index < -0.39 is 0 Å². The van der Waals surface area contributed by atoms with E-state index in [0.29, 0.717) is 11.2 Å². The lowest BCUT2D eigenvalue weighted by atomic mass is 10.1. The van der Waals surface area contributed by atoms with Gasteiger partial charge < -0.3 is 10.6 Å². The molecule has 82 valence electrons.